The van der Waals surface area contributed by atoms with Crippen molar-refractivity contribution < 1.29 is 39.9 Å². The minimum absolute atomic E-state index is 0. The molecule has 20 nitrogen and oxygen atoms in total. The number of aromatic amines is 3. The molecule has 3 aromatic carbocycles. The van der Waals surface area contributed by atoms with Crippen LogP contribution in [0.25, 0.3) is 0 Å². The van der Waals surface area contributed by atoms with Gasteiger partial charge in [0.1, 0.15) is 22.4 Å². The van der Waals surface area contributed by atoms with Gasteiger partial charge in [-0.2, -0.15) is 0 Å². The van der Waals surface area contributed by atoms with Crippen LogP contribution in [0, 0.1) is 31.6 Å². The summed E-state index contributed by atoms with van der Waals surface area (Å²) in [6.07, 6.45) is 26.4. The van der Waals surface area contributed by atoms with Crippen molar-refractivity contribution in [3.05, 3.63) is 199 Å². The SMILES string of the molecule is BrB(Br)Br.C.CN1CC[C@]23Cc4[nH]c(=O)c(C(=O)NCC5CCCCC5)cc4C[C@@]2(O)[C@H]1Cc1ccc(O)cc13.Cc1ccc2c(c1)[C@]13CCN(C)[C@H](C2)[C@]1(O)Cc1cc(C(=O)NCC2CCCCC2)c(=O)[nH]c1C3.Cc1ccc2c(c1)[C@]13CCN(C)[C@H](C2)[C@]1(O)Cc1cc(C(=O)O)c(=O)[nH]c1C3.NCC1CCCCC1. The third-order valence-electron chi connectivity index (χ3n) is 28.6. The van der Waals surface area contributed by atoms with E-state index in [0.717, 1.165) is 140 Å². The summed E-state index contributed by atoms with van der Waals surface area (Å²) in [7, 11) is 6.22. The maximum atomic E-state index is 13.1. The Bertz CT molecular complexity index is 4480. The number of aryl methyl sites for hydroxylation is 2. The molecule has 0 radical (unpaired) electrons. The molecule has 111 heavy (non-hydrogen) atoms. The fourth-order valence-electron chi connectivity index (χ4n) is 22.6. The van der Waals surface area contributed by atoms with E-state index in [1.54, 1.807) is 24.3 Å². The quantitative estimate of drug-likeness (QED) is 0.0631. The second kappa shape index (κ2) is 33.3. The number of carboxylic acids is 1. The van der Waals surface area contributed by atoms with Crippen LogP contribution in [0.1, 0.15) is 232 Å². The van der Waals surface area contributed by atoms with Gasteiger partial charge in [-0.05, 0) is 236 Å². The molecule has 2 amide bonds. The number of aromatic nitrogens is 3. The number of halogens is 3. The average molecular weight is 1710 g/mol. The van der Waals surface area contributed by atoms with Gasteiger partial charge in [0.2, 0.25) is 0 Å². The zero-order valence-electron chi connectivity index (χ0n) is 64.5. The number of aliphatic hydroxyl groups is 3. The van der Waals surface area contributed by atoms with E-state index in [0.29, 0.717) is 69.9 Å². The minimum atomic E-state index is -1.24. The van der Waals surface area contributed by atoms with E-state index in [4.69, 9.17) is 5.73 Å². The smallest absolute Gasteiger partial charge is 0.369 e. The number of H-pyrrole nitrogens is 3. The molecule has 0 unspecified atom stereocenters. The number of likely N-dealkylation sites (N-methyl/N-ethyl adjacent to an activating group) is 3. The number of carboxylic acid groups (broad SMARTS) is 1. The number of carbonyl (C=O) groups excluding carboxylic acids is 2. The lowest BCUT2D eigenvalue weighted by Gasteiger charge is -2.63. The number of nitrogens with one attached hydrogen (secondary N) is 5. The monoisotopic (exact) mass is 1710 g/mol. The van der Waals surface area contributed by atoms with Crippen molar-refractivity contribution >= 4 is 68.2 Å². The summed E-state index contributed by atoms with van der Waals surface area (Å²) in [5.41, 5.74) is 14.2. The lowest BCUT2D eigenvalue weighted by atomic mass is 9.49. The predicted octanol–water partition coefficient (Wildman–Crippen LogP) is 11.2. The lowest BCUT2D eigenvalue weighted by Crippen LogP contribution is -2.73. The summed E-state index contributed by atoms with van der Waals surface area (Å²) in [4.78, 5) is 91.5. The number of rotatable bonds is 8. The number of carbonyl (C=O) groups is 3. The highest BCUT2D eigenvalue weighted by atomic mass is 79.9. The number of hydrogen-bond donors (Lipinski definition) is 11. The van der Waals surface area contributed by atoms with Crippen molar-refractivity contribution in [2.24, 2.45) is 23.5 Å². The number of hydrogen-bond acceptors (Lipinski definition) is 14. The van der Waals surface area contributed by atoms with Gasteiger partial charge < -0.3 is 71.6 Å². The number of phenolic OH excluding ortho intramolecular Hbond substituents is 1. The zero-order chi connectivity index (χ0) is 78.0. The average Bonchev–Trinajstić information content (AvgIpc) is 0.696. The molecule has 6 bridgehead atoms. The fraction of sp³-hybridized carbons (Fsp3) is 0.586. The Morgan fingerprint density at radius 3 is 1.13 bits per heavy atom. The molecule has 18 rings (SSSR count). The van der Waals surface area contributed by atoms with Gasteiger partial charge in [-0.1, -0.05) is 119 Å². The van der Waals surface area contributed by atoms with Crippen LogP contribution in [-0.2, 0) is 74.0 Å². The molecule has 12 N–H and O–H groups in total. The molecule has 6 heterocycles. The van der Waals surface area contributed by atoms with Crippen LogP contribution in [0.15, 0.2) is 87.2 Å². The van der Waals surface area contributed by atoms with Crippen LogP contribution in [-0.4, -0.2) is 171 Å². The van der Waals surface area contributed by atoms with Gasteiger partial charge in [-0.15, -0.1) is 47.3 Å². The van der Waals surface area contributed by atoms with E-state index >= 15 is 0 Å². The lowest BCUT2D eigenvalue weighted by molar-refractivity contribution is -0.145. The van der Waals surface area contributed by atoms with Crippen LogP contribution in [0.4, 0.5) is 0 Å². The first-order chi connectivity index (χ1) is 52.5. The Kier molecular flexibility index (Phi) is 24.9. The van der Waals surface area contributed by atoms with Gasteiger partial charge in [0.15, 0.2) is 0 Å². The van der Waals surface area contributed by atoms with E-state index in [-0.39, 0.29) is 74.1 Å². The van der Waals surface area contributed by atoms with Crippen LogP contribution in [0.3, 0.4) is 0 Å². The molecule has 3 saturated carbocycles. The summed E-state index contributed by atoms with van der Waals surface area (Å²) in [6.45, 7) is 8.96. The maximum absolute atomic E-state index is 13.1. The van der Waals surface area contributed by atoms with Crippen LogP contribution >= 0.6 is 47.3 Å². The van der Waals surface area contributed by atoms with Crippen molar-refractivity contribution in [3.8, 4) is 5.75 Å². The van der Waals surface area contributed by atoms with Gasteiger partial charge in [0.05, 0.1) is 16.8 Å². The maximum Gasteiger partial charge on any atom is 0.369 e. The summed E-state index contributed by atoms with van der Waals surface area (Å²) in [6, 6.07) is 23.4. The molecule has 12 aliphatic rings. The first-order valence-electron chi connectivity index (χ1n) is 40.5. The molecule has 3 saturated heterocycles. The van der Waals surface area contributed by atoms with E-state index in [1.807, 2.05) is 6.07 Å². The fourth-order valence-corrected chi connectivity index (χ4v) is 22.6. The van der Waals surface area contributed by atoms with E-state index < -0.39 is 44.6 Å². The number of phenols is 1. The van der Waals surface area contributed by atoms with Gasteiger partial charge in [0, 0.05) is 103 Å². The molecule has 9 atom stereocenters. The second-order valence-corrected chi connectivity index (χ2v) is 41.3. The number of likely N-dealkylation sites (tertiary alicyclic amines) is 3. The van der Waals surface area contributed by atoms with Crippen molar-refractivity contribution in [1.29, 1.82) is 0 Å². The Labute approximate surface area is 678 Å². The Hall–Kier alpha value is -6.06. The highest BCUT2D eigenvalue weighted by Crippen LogP contribution is 2.60. The highest BCUT2D eigenvalue weighted by Gasteiger charge is 2.67. The highest BCUT2D eigenvalue weighted by molar-refractivity contribution is 9.69. The number of aromatic hydroxyl groups is 1. The molecule has 3 aliphatic heterocycles. The van der Waals surface area contributed by atoms with Gasteiger partial charge in [-0.25, -0.2) is 4.79 Å². The molecule has 3 aromatic heterocycles. The first-order valence-corrected chi connectivity index (χ1v) is 43.2. The second-order valence-electron chi connectivity index (χ2n) is 34.9. The number of fused-ring (bicyclic) bond motifs is 6. The number of piperidine rings is 3. The van der Waals surface area contributed by atoms with Crippen LogP contribution in [0.2, 0.25) is 0 Å². The molecule has 24 heteroatoms. The predicted molar refractivity (Wildman–Crippen MR) is 448 cm³/mol. The normalized spacial score (nSPS) is 28.8. The number of benzene rings is 3. The molecule has 598 valence electrons. The summed E-state index contributed by atoms with van der Waals surface area (Å²) < 4.78 is 0.271. The van der Waals surface area contributed by atoms with Crippen molar-refractivity contribution in [3.63, 3.8) is 0 Å². The van der Waals surface area contributed by atoms with Gasteiger partial charge in [0.25, 0.3) is 28.5 Å². The molecule has 6 fully saturated rings. The molecular formula is C87H115BBr3N9O11. The number of amides is 2. The van der Waals surface area contributed by atoms with Crippen LogP contribution < -0.4 is 33.0 Å². The Morgan fingerprint density at radius 1 is 0.477 bits per heavy atom. The topological polar surface area (TPSA) is 311 Å². The Balaban J connectivity index is 0.000000136. The molecule has 6 aromatic rings. The van der Waals surface area contributed by atoms with Gasteiger partial charge in [-0.3, -0.25) is 24.0 Å². The summed E-state index contributed by atoms with van der Waals surface area (Å²) in [5, 5.41) is 62.6. The standard InChI is InChI=1S/C29H37N3O3.C28H35N3O4.C22H24N2O4.C7H15N.CH4.BBr3/c1-18-8-9-20-14-25-29(35)15-21-13-22(26(33)30-17-19-6-4-3-5-7-19)27(34)31-24(21)16-28(29,23(20)12-18)10-11-32(25)2;1-31-10-9-27-15-23-19(14-28(27,35)24(31)12-18-7-8-20(32)13-22(18)27)11-21(26(34)30-23)25(33)29-16-17-5-3-2-4-6-17;1-12-3-4-13-9-18-22(28)10-14-8-15(20(26)27)19(25)23-17(14)11-21(22,16(13)7-12)5-6-24(18)2;8-6-7-4-2-1-3-5-7;;2-1(3)4/h8-9,12-13,19,25,35H,3-7,10-11,14-17H2,1-2H3,(H,30,33)(H,31,34);7-8,11,13,17,24,32,35H,2-6,9-10,12,14-16H2,1H3,(H,29,33)(H,30,34);3-4,7-8,18,28H,5-6,9-11H2,1-2H3,(H,23,25)(H,26,27);7H,1-6,8H2;1H4;/t25-,28-,29-;24-,27-,28-;18-,21-,22-;;;/m111.../s1. The van der Waals surface area contributed by atoms with Crippen molar-refractivity contribution in [2.45, 2.75) is 246 Å². The number of pyridine rings is 3. The Morgan fingerprint density at radius 2 is 0.793 bits per heavy atom. The molecule has 0 spiro atoms. The third kappa shape index (κ3) is 15.5. The summed E-state index contributed by atoms with van der Waals surface area (Å²) in [5.74, 6) is 0.186. The largest absolute Gasteiger partial charge is 0.508 e. The third-order valence-corrected chi connectivity index (χ3v) is 28.6. The van der Waals surface area contributed by atoms with E-state index in [1.165, 1.54) is 105 Å². The minimum Gasteiger partial charge on any atom is -0.508 e. The number of nitrogens with two attached hydrogens (primary N) is 1. The summed E-state index contributed by atoms with van der Waals surface area (Å²) >= 11 is 9.31. The number of aromatic carboxylic acids is 1. The number of nitrogens with zero attached hydrogens (tertiary/aromatic N) is 3. The molecule has 9 aliphatic carbocycles. The van der Waals surface area contributed by atoms with E-state index in [2.05, 4.69) is 159 Å². The van der Waals surface area contributed by atoms with Gasteiger partial charge >= 0.3 is 9.15 Å². The zero-order valence-corrected chi connectivity index (χ0v) is 69.3. The van der Waals surface area contributed by atoms with E-state index in [9.17, 15) is 54.3 Å². The van der Waals surface area contributed by atoms with Crippen molar-refractivity contribution in [2.75, 3.05) is 60.4 Å². The van der Waals surface area contributed by atoms with Crippen molar-refractivity contribution in [1.82, 2.24) is 40.3 Å². The first kappa shape index (κ1) is 82.9. The van der Waals surface area contributed by atoms with Crippen LogP contribution in [0.5, 0.6) is 5.75 Å². The molecular weight excluding hydrogens is 1600 g/mol.